The van der Waals surface area contributed by atoms with Crippen molar-refractivity contribution in [3.8, 4) is 0 Å². The van der Waals surface area contributed by atoms with Crippen molar-refractivity contribution in [1.29, 1.82) is 0 Å². The average Bonchev–Trinajstić information content (AvgIpc) is 2.69. The van der Waals surface area contributed by atoms with Crippen molar-refractivity contribution >= 4 is 5.95 Å². The molecule has 2 atom stereocenters. The van der Waals surface area contributed by atoms with Crippen molar-refractivity contribution < 1.29 is 17.9 Å². The first-order valence-corrected chi connectivity index (χ1v) is 6.37. The monoisotopic (exact) mass is 290 g/mol. The second-order valence-electron chi connectivity index (χ2n) is 4.73. The van der Waals surface area contributed by atoms with Gasteiger partial charge >= 0.3 is 6.18 Å². The summed E-state index contributed by atoms with van der Waals surface area (Å²) in [5, 5.41) is 2.93. The lowest BCUT2D eigenvalue weighted by atomic mass is 10.2. The highest BCUT2D eigenvalue weighted by Crippen LogP contribution is 2.27. The first-order valence-electron chi connectivity index (χ1n) is 6.37. The Bertz CT molecular complexity index is 455. The smallest absolute Gasteiger partial charge is 0.375 e. The molecule has 112 valence electrons. The van der Waals surface area contributed by atoms with Crippen LogP contribution in [0.25, 0.3) is 0 Å². The van der Waals surface area contributed by atoms with E-state index in [0.717, 1.165) is 18.8 Å². The topological polar surface area (TPSA) is 50.3 Å². The predicted octanol–water partition coefficient (Wildman–Crippen LogP) is 1.63. The van der Waals surface area contributed by atoms with Crippen LogP contribution in [0.3, 0.4) is 0 Å². The summed E-state index contributed by atoms with van der Waals surface area (Å²) in [7, 11) is 1.93. The number of likely N-dealkylation sites (N-methyl/N-ethyl adjacent to an activating group) is 1. The molecule has 1 saturated heterocycles. The van der Waals surface area contributed by atoms with Crippen molar-refractivity contribution in [1.82, 2.24) is 14.9 Å². The van der Waals surface area contributed by atoms with Gasteiger partial charge < -0.3 is 15.0 Å². The van der Waals surface area contributed by atoms with Gasteiger partial charge in [0.1, 0.15) is 5.69 Å². The van der Waals surface area contributed by atoms with Crippen molar-refractivity contribution in [2.75, 3.05) is 32.1 Å². The molecule has 0 amide bonds. The zero-order chi connectivity index (χ0) is 14.8. The van der Waals surface area contributed by atoms with Gasteiger partial charge in [0, 0.05) is 25.9 Å². The number of halogens is 3. The lowest BCUT2D eigenvalue weighted by Crippen LogP contribution is -2.35. The van der Waals surface area contributed by atoms with Crippen LogP contribution in [0.1, 0.15) is 12.6 Å². The van der Waals surface area contributed by atoms with Gasteiger partial charge in [-0.15, -0.1) is 0 Å². The number of hydrogen-bond donors (Lipinski definition) is 1. The van der Waals surface area contributed by atoms with E-state index < -0.39 is 11.9 Å². The fourth-order valence-electron chi connectivity index (χ4n) is 2.24. The Morgan fingerprint density at radius 1 is 1.45 bits per heavy atom. The van der Waals surface area contributed by atoms with Gasteiger partial charge in [-0.1, -0.05) is 0 Å². The minimum atomic E-state index is -4.47. The van der Waals surface area contributed by atoms with Crippen LogP contribution in [0, 0.1) is 0 Å². The number of nitrogens with one attached hydrogen (secondary N) is 1. The maximum Gasteiger partial charge on any atom is 0.433 e. The van der Waals surface area contributed by atoms with E-state index in [1.54, 1.807) is 0 Å². The quantitative estimate of drug-likeness (QED) is 0.913. The summed E-state index contributed by atoms with van der Waals surface area (Å²) in [6.45, 7) is 3.84. The van der Waals surface area contributed by atoms with Crippen molar-refractivity contribution in [3.05, 3.63) is 18.0 Å². The third-order valence-corrected chi connectivity index (χ3v) is 3.09. The molecule has 0 unspecified atom stereocenters. The molecule has 0 radical (unpaired) electrons. The highest BCUT2D eigenvalue weighted by Gasteiger charge is 2.34. The Labute approximate surface area is 115 Å². The Hall–Kier alpha value is -1.41. The number of hydrogen-bond acceptors (Lipinski definition) is 5. The van der Waals surface area contributed by atoms with Crippen molar-refractivity contribution in [2.45, 2.75) is 25.2 Å². The molecule has 1 N–H and O–H groups in total. The van der Waals surface area contributed by atoms with E-state index >= 15 is 0 Å². The fraction of sp³-hybridized carbons (Fsp3) is 0.667. The number of aromatic nitrogens is 2. The van der Waals surface area contributed by atoms with Crippen LogP contribution in [0.15, 0.2) is 12.3 Å². The van der Waals surface area contributed by atoms with E-state index in [2.05, 4.69) is 15.3 Å². The molecular weight excluding hydrogens is 273 g/mol. The third kappa shape index (κ3) is 3.57. The SMILES string of the molecule is CCO[C@H]1CN(C)C[C@@H]1Nc1nccc(C(F)(F)F)n1. The molecule has 1 aliphatic rings. The van der Waals surface area contributed by atoms with E-state index in [-0.39, 0.29) is 18.1 Å². The number of likely N-dealkylation sites (tertiary alicyclic amines) is 1. The van der Waals surface area contributed by atoms with Crippen LogP contribution in [0.4, 0.5) is 19.1 Å². The van der Waals surface area contributed by atoms with E-state index in [1.807, 2.05) is 18.9 Å². The van der Waals surface area contributed by atoms with E-state index in [0.29, 0.717) is 13.2 Å². The largest absolute Gasteiger partial charge is 0.433 e. The summed E-state index contributed by atoms with van der Waals surface area (Å²) in [4.78, 5) is 9.39. The van der Waals surface area contributed by atoms with Gasteiger partial charge in [-0.3, -0.25) is 0 Å². The number of alkyl halides is 3. The molecule has 2 rings (SSSR count). The number of ether oxygens (including phenoxy) is 1. The lowest BCUT2D eigenvalue weighted by Gasteiger charge is -2.20. The minimum absolute atomic E-state index is 0.0233. The predicted molar refractivity (Wildman–Crippen MR) is 67.4 cm³/mol. The third-order valence-electron chi connectivity index (χ3n) is 3.09. The zero-order valence-electron chi connectivity index (χ0n) is 11.3. The van der Waals surface area contributed by atoms with Gasteiger partial charge in [0.25, 0.3) is 0 Å². The maximum atomic E-state index is 12.6. The van der Waals surface area contributed by atoms with Gasteiger partial charge in [-0.05, 0) is 20.0 Å². The highest BCUT2D eigenvalue weighted by atomic mass is 19.4. The van der Waals surface area contributed by atoms with Crippen LogP contribution in [0.2, 0.25) is 0 Å². The molecule has 0 bridgehead atoms. The first kappa shape index (κ1) is 15.0. The van der Waals surface area contributed by atoms with Crippen LogP contribution < -0.4 is 5.32 Å². The molecule has 0 spiro atoms. The lowest BCUT2D eigenvalue weighted by molar-refractivity contribution is -0.141. The molecule has 2 heterocycles. The van der Waals surface area contributed by atoms with Crippen molar-refractivity contribution in [3.63, 3.8) is 0 Å². The molecule has 0 aromatic carbocycles. The van der Waals surface area contributed by atoms with Crippen LogP contribution in [-0.2, 0) is 10.9 Å². The van der Waals surface area contributed by atoms with Crippen LogP contribution in [-0.4, -0.2) is 53.8 Å². The summed E-state index contributed by atoms with van der Waals surface area (Å²) in [6, 6.07) is 0.731. The second kappa shape index (κ2) is 5.92. The Kier molecular flexibility index (Phi) is 4.44. The normalized spacial score (nSPS) is 24.1. The minimum Gasteiger partial charge on any atom is -0.375 e. The fourth-order valence-corrected chi connectivity index (χ4v) is 2.24. The molecule has 0 saturated carbocycles. The zero-order valence-corrected chi connectivity index (χ0v) is 11.3. The molecule has 0 aliphatic carbocycles. The van der Waals surface area contributed by atoms with Gasteiger partial charge in [0.15, 0.2) is 0 Å². The number of nitrogens with zero attached hydrogens (tertiary/aromatic N) is 3. The summed E-state index contributed by atoms with van der Waals surface area (Å²) in [5.41, 5.74) is -0.950. The van der Waals surface area contributed by atoms with Crippen LogP contribution >= 0.6 is 0 Å². The standard InChI is InChI=1S/C12H17F3N4O/c1-3-20-9-7-19(2)6-8(9)17-11-16-5-4-10(18-11)12(13,14)15/h4-5,8-9H,3,6-7H2,1-2H3,(H,16,17,18)/t8-,9-/m0/s1. The second-order valence-corrected chi connectivity index (χ2v) is 4.73. The summed E-state index contributed by atoms with van der Waals surface area (Å²) in [6.07, 6.45) is -3.44. The number of anilines is 1. The number of rotatable bonds is 4. The molecule has 1 aromatic heterocycles. The summed E-state index contributed by atoms with van der Waals surface area (Å²) < 4.78 is 43.3. The summed E-state index contributed by atoms with van der Waals surface area (Å²) >= 11 is 0. The molecular formula is C12H17F3N4O. The van der Waals surface area contributed by atoms with Gasteiger partial charge in [-0.25, -0.2) is 9.97 Å². The summed E-state index contributed by atoms with van der Waals surface area (Å²) in [5.74, 6) is -0.0233. The van der Waals surface area contributed by atoms with E-state index in [1.165, 1.54) is 0 Å². The van der Waals surface area contributed by atoms with Gasteiger partial charge in [0.2, 0.25) is 5.95 Å². The molecule has 20 heavy (non-hydrogen) atoms. The average molecular weight is 290 g/mol. The molecule has 1 aromatic rings. The van der Waals surface area contributed by atoms with Crippen molar-refractivity contribution in [2.24, 2.45) is 0 Å². The molecule has 1 aliphatic heterocycles. The van der Waals surface area contributed by atoms with E-state index in [4.69, 9.17) is 4.74 Å². The highest BCUT2D eigenvalue weighted by molar-refractivity contribution is 5.29. The van der Waals surface area contributed by atoms with Gasteiger partial charge in [-0.2, -0.15) is 13.2 Å². The Morgan fingerprint density at radius 3 is 2.85 bits per heavy atom. The molecule has 5 nitrogen and oxygen atoms in total. The first-order chi connectivity index (χ1) is 9.40. The molecule has 8 heteroatoms. The molecule has 1 fully saturated rings. The van der Waals surface area contributed by atoms with Crippen LogP contribution in [0.5, 0.6) is 0 Å². The Morgan fingerprint density at radius 2 is 2.20 bits per heavy atom. The van der Waals surface area contributed by atoms with Gasteiger partial charge in [0.05, 0.1) is 12.1 Å². The maximum absolute atomic E-state index is 12.6. The Balaban J connectivity index is 2.09. The van der Waals surface area contributed by atoms with E-state index in [9.17, 15) is 13.2 Å².